The van der Waals surface area contributed by atoms with Crippen LogP contribution in [0.4, 0.5) is 0 Å². The van der Waals surface area contributed by atoms with E-state index < -0.39 is 0 Å². The van der Waals surface area contributed by atoms with Crippen LogP contribution in [0.15, 0.2) is 0 Å². The molecule has 0 aromatic carbocycles. The molecule has 1 aliphatic carbocycles. The molecule has 0 radical (unpaired) electrons. The summed E-state index contributed by atoms with van der Waals surface area (Å²) in [6.07, 6.45) is 8.26. The van der Waals surface area contributed by atoms with Gasteiger partial charge >= 0.3 is 0 Å². The molecule has 2 nitrogen and oxygen atoms in total. The molecule has 100 valence electrons. The molecular weight excluding hydrogens is 210 g/mol. The summed E-state index contributed by atoms with van der Waals surface area (Å²) in [5.41, 5.74) is 0.0271. The van der Waals surface area contributed by atoms with Gasteiger partial charge in [0.2, 0.25) is 0 Å². The lowest BCUT2D eigenvalue weighted by molar-refractivity contribution is -0.0126. The Morgan fingerprint density at radius 2 is 1.82 bits per heavy atom. The van der Waals surface area contributed by atoms with E-state index in [9.17, 15) is 5.11 Å². The molecule has 0 amide bonds. The van der Waals surface area contributed by atoms with Gasteiger partial charge in [0.15, 0.2) is 0 Å². The Kier molecular flexibility index (Phi) is 4.14. The number of aliphatic hydroxyl groups is 1. The fourth-order valence-corrected chi connectivity index (χ4v) is 3.58. The average Bonchev–Trinajstić information content (AvgIpc) is 2.29. The van der Waals surface area contributed by atoms with E-state index in [-0.39, 0.29) is 11.5 Å². The van der Waals surface area contributed by atoms with Gasteiger partial charge in [-0.05, 0) is 45.1 Å². The molecule has 1 saturated carbocycles. The van der Waals surface area contributed by atoms with E-state index in [0.29, 0.717) is 0 Å². The normalized spacial score (nSPS) is 33.2. The Hall–Kier alpha value is -0.0800. The van der Waals surface area contributed by atoms with Gasteiger partial charge in [-0.25, -0.2) is 0 Å². The minimum Gasteiger partial charge on any atom is -0.393 e. The smallest absolute Gasteiger partial charge is 0.0575 e. The highest BCUT2D eigenvalue weighted by Gasteiger charge is 2.36. The highest BCUT2D eigenvalue weighted by molar-refractivity contribution is 4.90. The highest BCUT2D eigenvalue weighted by atomic mass is 16.3. The number of fused-ring (bicyclic) bond motifs is 1. The lowest BCUT2D eigenvalue weighted by Gasteiger charge is -2.47. The zero-order chi connectivity index (χ0) is 12.5. The minimum atomic E-state index is -0.216. The molecule has 3 atom stereocenters. The number of rotatable bonds is 3. The van der Waals surface area contributed by atoms with Crippen molar-refractivity contribution in [1.29, 1.82) is 0 Å². The molecule has 1 saturated heterocycles. The molecule has 2 aliphatic rings. The van der Waals surface area contributed by atoms with Crippen molar-refractivity contribution in [1.82, 2.24) is 4.90 Å². The predicted octanol–water partition coefficient (Wildman–Crippen LogP) is 3.05. The van der Waals surface area contributed by atoms with E-state index >= 15 is 0 Å². The number of aliphatic hydroxyl groups excluding tert-OH is 1. The third-order valence-electron chi connectivity index (χ3n) is 5.10. The largest absolute Gasteiger partial charge is 0.393 e. The first-order chi connectivity index (χ1) is 8.00. The van der Waals surface area contributed by atoms with Crippen molar-refractivity contribution in [2.75, 3.05) is 13.1 Å². The second-order valence-corrected chi connectivity index (χ2v) is 6.89. The maximum Gasteiger partial charge on any atom is 0.0575 e. The van der Waals surface area contributed by atoms with Crippen molar-refractivity contribution in [3.05, 3.63) is 0 Å². The maximum absolute atomic E-state index is 9.88. The quantitative estimate of drug-likeness (QED) is 0.818. The standard InChI is InChI=1S/C15H29NO/c1-12(17)15(2,3)11-16-10-6-8-13-7-4-5-9-14(13)16/h12-14,17H,4-11H2,1-3H3. The summed E-state index contributed by atoms with van der Waals surface area (Å²) in [6, 6.07) is 0.815. The van der Waals surface area contributed by atoms with Crippen LogP contribution in [0.1, 0.15) is 59.3 Å². The van der Waals surface area contributed by atoms with E-state index in [1.54, 1.807) is 0 Å². The van der Waals surface area contributed by atoms with Gasteiger partial charge in [0.05, 0.1) is 6.10 Å². The van der Waals surface area contributed by atoms with Crippen LogP contribution in [-0.2, 0) is 0 Å². The van der Waals surface area contributed by atoms with Crippen LogP contribution in [0.25, 0.3) is 0 Å². The van der Waals surface area contributed by atoms with Gasteiger partial charge in [0, 0.05) is 18.0 Å². The number of hydrogen-bond acceptors (Lipinski definition) is 2. The zero-order valence-corrected chi connectivity index (χ0v) is 11.8. The first-order valence-corrected chi connectivity index (χ1v) is 7.43. The van der Waals surface area contributed by atoms with Crippen molar-refractivity contribution in [3.63, 3.8) is 0 Å². The number of hydrogen-bond donors (Lipinski definition) is 1. The van der Waals surface area contributed by atoms with E-state index in [1.165, 1.54) is 45.1 Å². The number of piperidine rings is 1. The Morgan fingerprint density at radius 3 is 2.53 bits per heavy atom. The predicted molar refractivity (Wildman–Crippen MR) is 72.0 cm³/mol. The van der Waals surface area contributed by atoms with E-state index in [2.05, 4.69) is 18.7 Å². The third kappa shape index (κ3) is 3.03. The molecule has 0 bridgehead atoms. The summed E-state index contributed by atoms with van der Waals surface area (Å²) in [5, 5.41) is 9.88. The summed E-state index contributed by atoms with van der Waals surface area (Å²) >= 11 is 0. The van der Waals surface area contributed by atoms with Gasteiger partial charge in [0.25, 0.3) is 0 Å². The first kappa shape index (κ1) is 13.4. The molecule has 17 heavy (non-hydrogen) atoms. The van der Waals surface area contributed by atoms with Gasteiger partial charge in [0.1, 0.15) is 0 Å². The van der Waals surface area contributed by atoms with Gasteiger partial charge < -0.3 is 5.11 Å². The molecule has 1 aliphatic heterocycles. The van der Waals surface area contributed by atoms with E-state index in [4.69, 9.17) is 0 Å². The van der Waals surface area contributed by atoms with Crippen molar-refractivity contribution >= 4 is 0 Å². The summed E-state index contributed by atoms with van der Waals surface area (Å²) in [5.74, 6) is 0.947. The fourth-order valence-electron chi connectivity index (χ4n) is 3.58. The van der Waals surface area contributed by atoms with E-state index in [0.717, 1.165) is 18.5 Å². The molecule has 2 heteroatoms. The van der Waals surface area contributed by atoms with Crippen LogP contribution in [-0.4, -0.2) is 35.2 Å². The number of likely N-dealkylation sites (tertiary alicyclic amines) is 1. The van der Waals surface area contributed by atoms with Gasteiger partial charge in [-0.3, -0.25) is 4.90 Å². The molecule has 2 rings (SSSR count). The van der Waals surface area contributed by atoms with Crippen LogP contribution < -0.4 is 0 Å². The van der Waals surface area contributed by atoms with Crippen LogP contribution in [0.3, 0.4) is 0 Å². The summed E-state index contributed by atoms with van der Waals surface area (Å²) in [7, 11) is 0. The second-order valence-electron chi connectivity index (χ2n) is 6.89. The summed E-state index contributed by atoms with van der Waals surface area (Å²) < 4.78 is 0. The molecule has 0 aromatic rings. The van der Waals surface area contributed by atoms with Crippen molar-refractivity contribution in [3.8, 4) is 0 Å². The number of nitrogens with zero attached hydrogens (tertiary/aromatic N) is 1. The maximum atomic E-state index is 9.88. The Labute approximate surface area is 106 Å². The van der Waals surface area contributed by atoms with Crippen molar-refractivity contribution in [2.24, 2.45) is 11.3 Å². The minimum absolute atomic E-state index is 0.0271. The zero-order valence-electron chi connectivity index (χ0n) is 11.8. The second kappa shape index (κ2) is 5.27. The SMILES string of the molecule is CC(O)C(C)(C)CN1CCCC2CCCCC21. The Balaban J connectivity index is 1.99. The molecular formula is C15H29NO. The lowest BCUT2D eigenvalue weighted by atomic mass is 9.76. The summed E-state index contributed by atoms with van der Waals surface area (Å²) in [6.45, 7) is 8.64. The molecule has 1 N–H and O–H groups in total. The van der Waals surface area contributed by atoms with Gasteiger partial charge in [-0.1, -0.05) is 26.7 Å². The topological polar surface area (TPSA) is 23.5 Å². The highest BCUT2D eigenvalue weighted by Crippen LogP contribution is 2.37. The fraction of sp³-hybridized carbons (Fsp3) is 1.00. The van der Waals surface area contributed by atoms with Crippen LogP contribution in [0, 0.1) is 11.3 Å². The Morgan fingerprint density at radius 1 is 1.18 bits per heavy atom. The Bertz CT molecular complexity index is 247. The molecule has 1 heterocycles. The van der Waals surface area contributed by atoms with Crippen molar-refractivity contribution < 1.29 is 5.11 Å². The molecule has 3 unspecified atom stereocenters. The van der Waals surface area contributed by atoms with Crippen LogP contribution >= 0.6 is 0 Å². The van der Waals surface area contributed by atoms with Crippen LogP contribution in [0.5, 0.6) is 0 Å². The van der Waals surface area contributed by atoms with Crippen LogP contribution in [0.2, 0.25) is 0 Å². The molecule has 0 spiro atoms. The average molecular weight is 239 g/mol. The van der Waals surface area contributed by atoms with Gasteiger partial charge in [-0.2, -0.15) is 0 Å². The van der Waals surface area contributed by atoms with Gasteiger partial charge in [-0.15, -0.1) is 0 Å². The van der Waals surface area contributed by atoms with E-state index in [1.807, 2.05) is 6.92 Å². The molecule has 2 fully saturated rings. The molecule has 0 aromatic heterocycles. The monoisotopic (exact) mass is 239 g/mol. The summed E-state index contributed by atoms with van der Waals surface area (Å²) in [4.78, 5) is 2.68. The van der Waals surface area contributed by atoms with Crippen molar-refractivity contribution in [2.45, 2.75) is 71.4 Å². The first-order valence-electron chi connectivity index (χ1n) is 7.43. The lowest BCUT2D eigenvalue weighted by Crippen LogP contribution is -2.51. The third-order valence-corrected chi connectivity index (χ3v) is 5.10.